The van der Waals surface area contributed by atoms with Crippen molar-refractivity contribution in [2.24, 2.45) is 5.73 Å². The number of carbonyl (C=O) groups is 1. The van der Waals surface area contributed by atoms with Gasteiger partial charge in [-0.25, -0.2) is 8.42 Å². The average Bonchev–Trinajstić information content (AvgIpc) is 3.22. The second-order valence-corrected chi connectivity index (χ2v) is 11.4. The lowest BCUT2D eigenvalue weighted by Crippen LogP contribution is -2.51. The molecule has 0 bridgehead atoms. The number of sulfonamides is 1. The highest BCUT2D eigenvalue weighted by Crippen LogP contribution is 2.36. The number of primary amides is 1. The van der Waals surface area contributed by atoms with Crippen molar-refractivity contribution >= 4 is 15.9 Å². The molecule has 35 heavy (non-hydrogen) atoms. The lowest BCUT2D eigenvalue weighted by atomic mass is 10.1. The first-order valence-corrected chi connectivity index (χ1v) is 12.7. The first kappa shape index (κ1) is 26.8. The van der Waals surface area contributed by atoms with Crippen molar-refractivity contribution in [2.45, 2.75) is 64.6 Å². The normalized spacial score (nSPS) is 14.3. The Labute approximate surface area is 207 Å². The molecule has 0 aliphatic carbocycles. The first-order chi connectivity index (χ1) is 16.3. The summed E-state index contributed by atoms with van der Waals surface area (Å²) in [7, 11) is -2.67. The third kappa shape index (κ3) is 5.71. The number of nitrogens with two attached hydrogens (primary N) is 1. The molecule has 2 aromatic rings. The molecule has 1 heterocycles. The van der Waals surface area contributed by atoms with E-state index >= 15 is 0 Å². The van der Waals surface area contributed by atoms with E-state index in [4.69, 9.17) is 24.7 Å². The van der Waals surface area contributed by atoms with Crippen LogP contribution in [0.4, 0.5) is 0 Å². The van der Waals surface area contributed by atoms with Gasteiger partial charge in [-0.05, 0) is 82.0 Å². The third-order valence-corrected chi connectivity index (χ3v) is 8.04. The molecule has 1 amide bonds. The summed E-state index contributed by atoms with van der Waals surface area (Å²) in [5.41, 5.74) is 7.49. The van der Waals surface area contributed by atoms with Crippen molar-refractivity contribution in [3.05, 3.63) is 46.5 Å². The molecule has 1 atom stereocenters. The zero-order valence-electron chi connectivity index (χ0n) is 21.3. The molecular formula is C25H34N2O7S. The van der Waals surface area contributed by atoms with Crippen molar-refractivity contribution in [3.8, 4) is 17.2 Å². The summed E-state index contributed by atoms with van der Waals surface area (Å²) in [6.07, 6.45) is 0. The number of carbonyl (C=O) groups excluding carboxylic acids is 1. The fourth-order valence-electron chi connectivity index (χ4n) is 3.97. The van der Waals surface area contributed by atoms with Crippen LogP contribution in [0.1, 0.15) is 43.0 Å². The number of amides is 1. The molecule has 1 unspecified atom stereocenters. The van der Waals surface area contributed by atoms with Crippen LogP contribution in [0.25, 0.3) is 0 Å². The highest BCUT2D eigenvalue weighted by Gasteiger charge is 2.38. The van der Waals surface area contributed by atoms with Gasteiger partial charge in [0.1, 0.15) is 11.8 Å². The fraction of sp³-hybridized carbons (Fsp3) is 0.480. The first-order valence-electron chi connectivity index (χ1n) is 11.2. The monoisotopic (exact) mass is 506 g/mol. The quantitative estimate of drug-likeness (QED) is 0.555. The smallest absolute Gasteiger partial charge is 0.244 e. The van der Waals surface area contributed by atoms with Crippen LogP contribution in [-0.4, -0.2) is 50.8 Å². The van der Waals surface area contributed by atoms with Crippen LogP contribution in [0, 0.1) is 20.8 Å². The van der Waals surface area contributed by atoms with Crippen molar-refractivity contribution in [1.29, 1.82) is 0 Å². The Kier molecular flexibility index (Phi) is 7.68. The predicted molar refractivity (Wildman–Crippen MR) is 131 cm³/mol. The van der Waals surface area contributed by atoms with Crippen molar-refractivity contribution < 1.29 is 32.2 Å². The highest BCUT2D eigenvalue weighted by molar-refractivity contribution is 7.89. The maximum Gasteiger partial charge on any atom is 0.244 e. The standard InChI is InChI=1S/C25H34N2O7S/c1-15-10-21(31-7)16(2)17(3)23(15)35(29,30)27(19(24(26)28)13-34-25(4,5)6)12-18-8-9-20-22(11-18)33-14-32-20/h8-11,19H,12-14H2,1-7H3,(H2,26,28). The lowest BCUT2D eigenvalue weighted by Gasteiger charge is -2.32. The second-order valence-electron chi connectivity index (χ2n) is 9.55. The summed E-state index contributed by atoms with van der Waals surface area (Å²) in [5.74, 6) is 0.861. The molecule has 1 aliphatic rings. The summed E-state index contributed by atoms with van der Waals surface area (Å²) in [6, 6.07) is 5.58. The van der Waals surface area contributed by atoms with Crippen molar-refractivity contribution in [1.82, 2.24) is 4.31 Å². The SMILES string of the molecule is COc1cc(C)c(S(=O)(=O)N(Cc2ccc3c(c2)OCO3)C(COC(C)(C)C)C(N)=O)c(C)c1C. The zero-order chi connectivity index (χ0) is 26.1. The van der Waals surface area contributed by atoms with E-state index < -0.39 is 27.6 Å². The van der Waals surface area contributed by atoms with Gasteiger partial charge in [0, 0.05) is 6.54 Å². The van der Waals surface area contributed by atoms with E-state index in [1.165, 1.54) is 7.11 Å². The Bertz CT molecular complexity index is 1220. The van der Waals surface area contributed by atoms with Gasteiger partial charge in [0.05, 0.1) is 24.2 Å². The highest BCUT2D eigenvalue weighted by atomic mass is 32.2. The minimum atomic E-state index is -4.21. The van der Waals surface area contributed by atoms with Crippen LogP contribution in [0.2, 0.25) is 0 Å². The number of nitrogens with zero attached hydrogens (tertiary/aromatic N) is 1. The van der Waals surface area contributed by atoms with E-state index in [1.54, 1.807) is 45.0 Å². The molecule has 2 N–H and O–H groups in total. The molecule has 2 aromatic carbocycles. The van der Waals surface area contributed by atoms with Crippen molar-refractivity contribution in [3.63, 3.8) is 0 Å². The van der Waals surface area contributed by atoms with Gasteiger partial charge >= 0.3 is 0 Å². The molecular weight excluding hydrogens is 472 g/mol. The van der Waals surface area contributed by atoms with Gasteiger partial charge in [-0.1, -0.05) is 6.07 Å². The number of hydrogen-bond donors (Lipinski definition) is 1. The molecule has 3 rings (SSSR count). The number of rotatable bonds is 9. The topological polar surface area (TPSA) is 117 Å². The predicted octanol–water partition coefficient (Wildman–Crippen LogP) is 3.21. The maximum atomic E-state index is 14.2. The van der Waals surface area contributed by atoms with Crippen LogP contribution >= 0.6 is 0 Å². The minimum Gasteiger partial charge on any atom is -0.496 e. The molecule has 10 heteroatoms. The summed E-state index contributed by atoms with van der Waals surface area (Å²) in [4.78, 5) is 12.7. The van der Waals surface area contributed by atoms with Gasteiger partial charge in [-0.3, -0.25) is 4.79 Å². The Balaban J connectivity index is 2.14. The number of methoxy groups -OCH3 is 1. The summed E-state index contributed by atoms with van der Waals surface area (Å²) < 4.78 is 51.6. The molecule has 0 fully saturated rings. The van der Waals surface area contributed by atoms with E-state index in [1.807, 2.05) is 20.8 Å². The van der Waals surface area contributed by atoms with Gasteiger partial charge in [-0.15, -0.1) is 0 Å². The Morgan fingerprint density at radius 1 is 1.11 bits per heavy atom. The van der Waals surface area contributed by atoms with E-state index in [2.05, 4.69) is 0 Å². The van der Waals surface area contributed by atoms with E-state index in [9.17, 15) is 13.2 Å². The van der Waals surface area contributed by atoms with Gasteiger partial charge in [0.25, 0.3) is 0 Å². The van der Waals surface area contributed by atoms with Gasteiger partial charge in [0.15, 0.2) is 11.5 Å². The maximum absolute atomic E-state index is 14.2. The van der Waals surface area contributed by atoms with E-state index in [0.717, 1.165) is 4.31 Å². The number of fused-ring (bicyclic) bond motifs is 1. The molecule has 192 valence electrons. The molecule has 0 aromatic heterocycles. The van der Waals surface area contributed by atoms with Gasteiger partial charge in [0.2, 0.25) is 22.7 Å². The fourth-order valence-corrected chi connectivity index (χ4v) is 6.02. The third-order valence-electron chi connectivity index (χ3n) is 5.89. The van der Waals surface area contributed by atoms with Crippen LogP contribution in [-0.2, 0) is 26.1 Å². The molecule has 9 nitrogen and oxygen atoms in total. The minimum absolute atomic E-state index is 0.0909. The van der Waals surface area contributed by atoms with Crippen LogP contribution < -0.4 is 19.9 Å². The van der Waals surface area contributed by atoms with Gasteiger partial charge in [-0.2, -0.15) is 4.31 Å². The number of ether oxygens (including phenoxy) is 4. The number of hydrogen-bond acceptors (Lipinski definition) is 7. The molecule has 1 aliphatic heterocycles. The molecule has 0 spiro atoms. The lowest BCUT2D eigenvalue weighted by molar-refractivity contribution is -0.125. The number of aryl methyl sites for hydroxylation is 1. The van der Waals surface area contributed by atoms with E-state index in [-0.39, 0.29) is 24.8 Å². The van der Waals surface area contributed by atoms with Crippen LogP contribution in [0.3, 0.4) is 0 Å². The molecule has 0 saturated heterocycles. The van der Waals surface area contributed by atoms with Gasteiger partial charge < -0.3 is 24.7 Å². The molecule has 0 radical (unpaired) electrons. The second kappa shape index (κ2) is 10.0. The summed E-state index contributed by atoms with van der Waals surface area (Å²) >= 11 is 0. The largest absolute Gasteiger partial charge is 0.496 e. The Morgan fingerprint density at radius 2 is 1.77 bits per heavy atom. The van der Waals surface area contributed by atoms with Crippen LogP contribution in [0.15, 0.2) is 29.2 Å². The Hall–Kier alpha value is -2.82. The Morgan fingerprint density at radius 3 is 2.37 bits per heavy atom. The van der Waals surface area contributed by atoms with E-state index in [0.29, 0.717) is 39.5 Å². The summed E-state index contributed by atoms with van der Waals surface area (Å²) in [6.45, 7) is 10.5. The number of benzene rings is 2. The van der Waals surface area contributed by atoms with Crippen molar-refractivity contribution in [2.75, 3.05) is 20.5 Å². The van der Waals surface area contributed by atoms with Crippen LogP contribution in [0.5, 0.6) is 17.2 Å². The zero-order valence-corrected chi connectivity index (χ0v) is 22.1. The average molecular weight is 507 g/mol. The summed E-state index contributed by atoms with van der Waals surface area (Å²) in [5, 5.41) is 0. The molecule has 0 saturated carbocycles.